The van der Waals surface area contributed by atoms with Gasteiger partial charge in [0, 0.05) is 41.4 Å². The predicted molar refractivity (Wildman–Crippen MR) is 157 cm³/mol. The topological polar surface area (TPSA) is 123 Å². The number of anilines is 2. The standard InChI is InChI=1S/C30H27ClF3N5O4S/c31-24-7-2-1-6-23(24)27(28(40)37-21-8-12-30(33,34)13-9-21)38(22-5-3-4-20(32)17-22)29(41)25-11-15-44(42,43)39(25)26-16-19(18-35)10-14-36-26/h1-7,10,14,16-17,21,25,27H,8-9,11-13,15H2,(H,37,40)/t25-,27-/m0/s1. The van der Waals surface area contributed by atoms with E-state index in [2.05, 4.69) is 10.3 Å². The molecule has 1 aromatic heterocycles. The molecule has 1 saturated carbocycles. The monoisotopic (exact) mass is 645 g/mol. The molecular formula is C30H27ClF3N5O4S. The van der Waals surface area contributed by atoms with Crippen LogP contribution in [0.5, 0.6) is 0 Å². The van der Waals surface area contributed by atoms with Crippen molar-refractivity contribution >= 4 is 44.9 Å². The number of alkyl halides is 2. The Morgan fingerprint density at radius 2 is 1.82 bits per heavy atom. The highest BCUT2D eigenvalue weighted by molar-refractivity contribution is 7.93. The zero-order valence-electron chi connectivity index (χ0n) is 23.2. The molecule has 1 saturated heterocycles. The second-order valence-corrected chi connectivity index (χ2v) is 13.1. The summed E-state index contributed by atoms with van der Waals surface area (Å²) in [7, 11) is -4.09. The van der Waals surface area contributed by atoms with Crippen LogP contribution in [0.4, 0.5) is 24.7 Å². The van der Waals surface area contributed by atoms with Gasteiger partial charge in [0.15, 0.2) is 0 Å². The van der Waals surface area contributed by atoms with E-state index in [4.69, 9.17) is 11.6 Å². The molecule has 230 valence electrons. The van der Waals surface area contributed by atoms with E-state index in [0.717, 1.165) is 21.3 Å². The molecule has 1 aliphatic heterocycles. The van der Waals surface area contributed by atoms with Gasteiger partial charge in [-0.25, -0.2) is 30.9 Å². The van der Waals surface area contributed by atoms with Crippen LogP contribution in [0.1, 0.15) is 49.3 Å². The lowest BCUT2D eigenvalue weighted by Crippen LogP contribution is -2.53. The van der Waals surface area contributed by atoms with Crippen LogP contribution in [-0.4, -0.2) is 49.0 Å². The first-order valence-electron chi connectivity index (χ1n) is 13.8. The van der Waals surface area contributed by atoms with Gasteiger partial charge in [0.1, 0.15) is 23.7 Å². The molecule has 9 nitrogen and oxygen atoms in total. The van der Waals surface area contributed by atoms with E-state index < -0.39 is 70.3 Å². The molecule has 5 rings (SSSR count). The summed E-state index contributed by atoms with van der Waals surface area (Å²) < 4.78 is 69.6. The van der Waals surface area contributed by atoms with E-state index in [1.165, 1.54) is 42.6 Å². The molecule has 2 heterocycles. The van der Waals surface area contributed by atoms with Crippen molar-refractivity contribution in [3.8, 4) is 6.07 Å². The first kappa shape index (κ1) is 31.3. The van der Waals surface area contributed by atoms with E-state index in [9.17, 15) is 36.4 Å². The van der Waals surface area contributed by atoms with Crippen molar-refractivity contribution in [2.45, 2.75) is 56.2 Å². The van der Waals surface area contributed by atoms with Gasteiger partial charge in [-0.1, -0.05) is 35.9 Å². The third-order valence-corrected chi connectivity index (χ3v) is 9.85. The molecule has 2 amide bonds. The van der Waals surface area contributed by atoms with Crippen LogP contribution in [0, 0.1) is 17.1 Å². The first-order chi connectivity index (χ1) is 20.9. The van der Waals surface area contributed by atoms with Crippen LogP contribution >= 0.6 is 11.6 Å². The highest BCUT2D eigenvalue weighted by Gasteiger charge is 2.47. The molecule has 0 unspecified atom stereocenters. The van der Waals surface area contributed by atoms with E-state index in [1.54, 1.807) is 12.1 Å². The lowest BCUT2D eigenvalue weighted by atomic mass is 9.91. The summed E-state index contributed by atoms with van der Waals surface area (Å²) in [6.07, 6.45) is 0.187. The Labute approximate surface area is 257 Å². The smallest absolute Gasteiger partial charge is 0.252 e. The Bertz CT molecular complexity index is 1730. The number of sulfonamides is 1. The summed E-state index contributed by atoms with van der Waals surface area (Å²) in [6.45, 7) is 0. The van der Waals surface area contributed by atoms with Crippen LogP contribution in [0.15, 0.2) is 66.9 Å². The number of halogens is 4. The number of hydrogen-bond donors (Lipinski definition) is 1. The Balaban J connectivity index is 1.62. The van der Waals surface area contributed by atoms with Crippen LogP contribution < -0.4 is 14.5 Å². The van der Waals surface area contributed by atoms with E-state index in [0.29, 0.717) is 0 Å². The summed E-state index contributed by atoms with van der Waals surface area (Å²) in [5, 5.41) is 12.2. The molecule has 0 spiro atoms. The minimum Gasteiger partial charge on any atom is -0.351 e. The molecule has 2 aliphatic rings. The summed E-state index contributed by atoms with van der Waals surface area (Å²) in [5.41, 5.74) is 0.201. The first-order valence-corrected chi connectivity index (χ1v) is 15.8. The fourth-order valence-electron chi connectivity index (χ4n) is 5.55. The lowest BCUT2D eigenvalue weighted by Gasteiger charge is -2.37. The highest BCUT2D eigenvalue weighted by Crippen LogP contribution is 2.38. The van der Waals surface area contributed by atoms with Gasteiger partial charge < -0.3 is 5.32 Å². The fourth-order valence-corrected chi connectivity index (χ4v) is 7.48. The number of rotatable bonds is 7. The average Bonchev–Trinajstić information content (AvgIpc) is 3.31. The number of nitrogens with zero attached hydrogens (tertiary/aromatic N) is 4. The molecule has 1 N–H and O–H groups in total. The van der Waals surface area contributed by atoms with Gasteiger partial charge in [-0.15, -0.1) is 0 Å². The Hall–Kier alpha value is -4.15. The minimum atomic E-state index is -4.09. The maximum absolute atomic E-state index is 14.6. The minimum absolute atomic E-state index is 0.00254. The molecule has 1 aliphatic carbocycles. The molecule has 14 heteroatoms. The van der Waals surface area contributed by atoms with Crippen molar-refractivity contribution in [1.29, 1.82) is 5.26 Å². The third kappa shape index (κ3) is 6.51. The van der Waals surface area contributed by atoms with Crippen LogP contribution in [0.25, 0.3) is 0 Å². The van der Waals surface area contributed by atoms with Crippen LogP contribution in [0.2, 0.25) is 5.02 Å². The largest absolute Gasteiger partial charge is 0.351 e. The number of carbonyl (C=O) groups is 2. The fraction of sp³-hybridized carbons (Fsp3) is 0.333. The van der Waals surface area contributed by atoms with E-state index in [-0.39, 0.29) is 46.9 Å². The number of benzene rings is 2. The SMILES string of the molecule is N#Cc1ccnc(N2[C@H](C(=O)N(c3cccc(F)c3)[C@H](C(=O)NC3CCC(F)(F)CC3)c3ccccc3Cl)CCS2(=O)=O)c1. The average molecular weight is 646 g/mol. The Morgan fingerprint density at radius 3 is 2.50 bits per heavy atom. The number of amides is 2. The van der Waals surface area contributed by atoms with Crippen molar-refractivity contribution in [3.63, 3.8) is 0 Å². The number of hydrogen-bond acceptors (Lipinski definition) is 6. The maximum atomic E-state index is 14.6. The van der Waals surface area contributed by atoms with E-state index in [1.807, 2.05) is 6.07 Å². The molecule has 2 atom stereocenters. The second kappa shape index (κ2) is 12.5. The number of nitrogens with one attached hydrogen (secondary N) is 1. The van der Waals surface area contributed by atoms with Gasteiger partial charge in [0.05, 0.1) is 17.4 Å². The zero-order chi connectivity index (χ0) is 31.6. The van der Waals surface area contributed by atoms with E-state index >= 15 is 0 Å². The van der Waals surface area contributed by atoms with Crippen molar-refractivity contribution < 1.29 is 31.2 Å². The van der Waals surface area contributed by atoms with Crippen LogP contribution in [0.3, 0.4) is 0 Å². The van der Waals surface area contributed by atoms with Gasteiger partial charge in [0.25, 0.3) is 5.91 Å². The molecule has 0 bridgehead atoms. The van der Waals surface area contributed by atoms with Crippen molar-refractivity contribution in [2.24, 2.45) is 0 Å². The van der Waals surface area contributed by atoms with Gasteiger partial charge in [0.2, 0.25) is 21.9 Å². The third-order valence-electron chi connectivity index (χ3n) is 7.71. The molecule has 3 aromatic rings. The number of nitriles is 1. The highest BCUT2D eigenvalue weighted by atomic mass is 35.5. The summed E-state index contributed by atoms with van der Waals surface area (Å²) in [4.78, 5) is 33.7. The van der Waals surface area contributed by atoms with Gasteiger partial charge in [-0.2, -0.15) is 5.26 Å². The zero-order valence-corrected chi connectivity index (χ0v) is 24.7. The summed E-state index contributed by atoms with van der Waals surface area (Å²) in [5.74, 6) is -5.81. The van der Waals surface area contributed by atoms with Crippen molar-refractivity contribution in [2.75, 3.05) is 15.0 Å². The Kier molecular flexibility index (Phi) is 8.85. The summed E-state index contributed by atoms with van der Waals surface area (Å²) in [6, 6.07) is 12.0. The van der Waals surface area contributed by atoms with Gasteiger partial charge in [-0.05, 0) is 55.7 Å². The second-order valence-electron chi connectivity index (χ2n) is 10.7. The molecule has 2 aromatic carbocycles. The van der Waals surface area contributed by atoms with Gasteiger partial charge in [-0.3, -0.25) is 14.5 Å². The lowest BCUT2D eigenvalue weighted by molar-refractivity contribution is -0.128. The number of aromatic nitrogens is 1. The van der Waals surface area contributed by atoms with Crippen molar-refractivity contribution in [1.82, 2.24) is 10.3 Å². The maximum Gasteiger partial charge on any atom is 0.252 e. The quantitative estimate of drug-likeness (QED) is 0.380. The molecule has 44 heavy (non-hydrogen) atoms. The van der Waals surface area contributed by atoms with Gasteiger partial charge >= 0.3 is 0 Å². The normalized spacial score (nSPS) is 20.0. The summed E-state index contributed by atoms with van der Waals surface area (Å²) >= 11 is 6.54. The van der Waals surface area contributed by atoms with Crippen molar-refractivity contribution in [3.05, 3.63) is 88.8 Å². The number of pyridine rings is 1. The molecule has 2 fully saturated rings. The number of carbonyl (C=O) groups excluding carboxylic acids is 2. The van der Waals surface area contributed by atoms with Crippen LogP contribution in [-0.2, 0) is 19.6 Å². The predicted octanol–water partition coefficient (Wildman–Crippen LogP) is 5.12. The molecule has 0 radical (unpaired) electrons. The molecular weight excluding hydrogens is 619 g/mol. The Morgan fingerprint density at radius 1 is 1.09 bits per heavy atom.